The maximum atomic E-state index is 12.9. The van der Waals surface area contributed by atoms with Gasteiger partial charge >= 0.3 is 12.4 Å². The number of aromatic nitrogens is 2. The molecule has 5 rings (SSSR count). The van der Waals surface area contributed by atoms with E-state index in [1.54, 1.807) is 6.20 Å². The van der Waals surface area contributed by atoms with Gasteiger partial charge in [0.2, 0.25) is 0 Å². The number of benzene rings is 3. The molecule has 2 heterocycles. The number of aliphatic carboxylic acids is 2. The van der Waals surface area contributed by atoms with E-state index in [2.05, 4.69) is 67.6 Å². The summed E-state index contributed by atoms with van der Waals surface area (Å²) < 4.78 is 63.1. The quantitative estimate of drug-likeness (QED) is 0.154. The molecule has 2 aromatic heterocycles. The lowest BCUT2D eigenvalue weighted by Gasteiger charge is -2.14. The summed E-state index contributed by atoms with van der Waals surface area (Å²) >= 11 is 0. The predicted octanol–water partition coefficient (Wildman–Crippen LogP) is 2.23. The molecular formula is C37H35F6N5O5. The molecule has 5 aromatic rings. The van der Waals surface area contributed by atoms with E-state index in [-0.39, 0.29) is 5.91 Å². The molecule has 3 aromatic carbocycles. The Kier molecular flexibility index (Phi) is 14.6. The zero-order valence-corrected chi connectivity index (χ0v) is 28.5. The van der Waals surface area contributed by atoms with Crippen molar-refractivity contribution in [2.24, 2.45) is 0 Å². The van der Waals surface area contributed by atoms with Crippen LogP contribution in [0.5, 0.6) is 0 Å². The van der Waals surface area contributed by atoms with Gasteiger partial charge in [0.15, 0.2) is 0 Å². The molecule has 0 aliphatic carbocycles. The zero-order valence-electron chi connectivity index (χ0n) is 28.5. The molecule has 0 saturated carbocycles. The van der Waals surface area contributed by atoms with Crippen molar-refractivity contribution in [2.45, 2.75) is 25.3 Å². The average Bonchev–Trinajstić information content (AvgIpc) is 3.12. The van der Waals surface area contributed by atoms with Crippen LogP contribution < -0.4 is 26.2 Å². The molecule has 0 unspecified atom stereocenters. The number of quaternary nitrogens is 2. The van der Waals surface area contributed by atoms with Crippen molar-refractivity contribution in [1.82, 2.24) is 15.3 Å². The fourth-order valence-electron chi connectivity index (χ4n) is 4.77. The highest BCUT2D eigenvalue weighted by atomic mass is 19.4. The van der Waals surface area contributed by atoms with Crippen molar-refractivity contribution in [3.63, 3.8) is 0 Å². The summed E-state index contributed by atoms with van der Waals surface area (Å²) in [5.41, 5.74) is 12.5. The number of carbonyl (C=O) groups is 3. The molecule has 0 bridgehead atoms. The molecule has 1 amide bonds. The van der Waals surface area contributed by atoms with Crippen LogP contribution in [0.3, 0.4) is 0 Å². The van der Waals surface area contributed by atoms with Gasteiger partial charge in [-0.15, -0.1) is 0 Å². The summed E-state index contributed by atoms with van der Waals surface area (Å²) in [6.45, 7) is 2.42. The second-order valence-corrected chi connectivity index (χ2v) is 11.6. The molecule has 0 saturated heterocycles. The highest BCUT2D eigenvalue weighted by Gasteiger charge is 2.29. The number of nitrogens with one attached hydrogen (secondary N) is 2. The lowest BCUT2D eigenvalue weighted by atomic mass is 9.95. The van der Waals surface area contributed by atoms with Gasteiger partial charge in [-0.25, -0.2) is 4.98 Å². The van der Waals surface area contributed by atoms with Crippen molar-refractivity contribution >= 4 is 28.7 Å². The first-order valence-electron chi connectivity index (χ1n) is 15.9. The van der Waals surface area contributed by atoms with Gasteiger partial charge in [-0.2, -0.15) is 26.3 Å². The Hall–Kier alpha value is -5.87. The minimum atomic E-state index is -5.19. The molecule has 0 spiro atoms. The number of alkyl halides is 6. The number of carboxylic acids is 2. The summed E-state index contributed by atoms with van der Waals surface area (Å²) in [5, 5.41) is 21.6. The molecule has 0 atom stereocenters. The van der Waals surface area contributed by atoms with Gasteiger partial charge in [0.25, 0.3) is 5.91 Å². The van der Waals surface area contributed by atoms with E-state index in [0.29, 0.717) is 12.1 Å². The van der Waals surface area contributed by atoms with Gasteiger partial charge in [-0.05, 0) is 29.8 Å². The first kappa shape index (κ1) is 41.5. The smallest absolute Gasteiger partial charge is 0.430 e. The molecule has 0 aliphatic rings. The van der Waals surface area contributed by atoms with Crippen LogP contribution in [-0.4, -0.2) is 67.4 Å². The molecule has 10 nitrogen and oxygen atoms in total. The number of nitrogens with zero attached hydrogens (tertiary/aromatic N) is 2. The standard InChI is InChI=1S/C33H33N5O.2C2HF3O2/c1-38(2)19-7-17-36-33(39)27-11-6-10-26(20-27)31-29-21-28(24-8-4-3-5-9-24)32(37-30(29)16-18-35-31)25-14-12-23(22-34)13-15-25;2*3-2(4,5)1(6)7/h3-6,8-16,18,20-21H,7,17,19,22,34H2,1-2H3,(H,36,39);2*(H,6,7). The van der Waals surface area contributed by atoms with Gasteiger partial charge in [0.1, 0.15) is 11.9 Å². The van der Waals surface area contributed by atoms with E-state index in [0.717, 1.165) is 64.1 Å². The Morgan fingerprint density at radius 1 is 0.755 bits per heavy atom. The van der Waals surface area contributed by atoms with Gasteiger partial charge in [-0.1, -0.05) is 66.7 Å². The van der Waals surface area contributed by atoms with Gasteiger partial charge < -0.3 is 35.8 Å². The number of hydrogen-bond donors (Lipinski definition) is 3. The van der Waals surface area contributed by atoms with E-state index in [4.69, 9.17) is 29.8 Å². The third kappa shape index (κ3) is 12.4. The van der Waals surface area contributed by atoms with Crippen LogP contribution in [0.15, 0.2) is 97.2 Å². The van der Waals surface area contributed by atoms with Gasteiger partial charge in [-0.3, -0.25) is 9.78 Å². The Labute approximate surface area is 299 Å². The van der Waals surface area contributed by atoms with Crippen LogP contribution in [0, 0.1) is 0 Å². The van der Waals surface area contributed by atoms with Crippen molar-refractivity contribution < 1.29 is 61.6 Å². The number of halogens is 6. The summed E-state index contributed by atoms with van der Waals surface area (Å²) in [5.74, 6) is -6.08. The number of pyridine rings is 2. The van der Waals surface area contributed by atoms with E-state index in [9.17, 15) is 31.1 Å². The number of fused-ring (bicyclic) bond motifs is 1. The predicted molar refractivity (Wildman–Crippen MR) is 179 cm³/mol. The van der Waals surface area contributed by atoms with Crippen LogP contribution in [0.1, 0.15) is 22.3 Å². The van der Waals surface area contributed by atoms with Crippen LogP contribution >= 0.6 is 0 Å². The third-order valence-corrected chi connectivity index (χ3v) is 7.34. The number of carbonyl (C=O) groups excluding carboxylic acids is 3. The first-order valence-corrected chi connectivity index (χ1v) is 15.9. The highest BCUT2D eigenvalue weighted by Crippen LogP contribution is 2.36. The highest BCUT2D eigenvalue weighted by molar-refractivity contribution is 6.00. The summed E-state index contributed by atoms with van der Waals surface area (Å²) in [7, 11) is 4.23. The van der Waals surface area contributed by atoms with Crippen molar-refractivity contribution in [1.29, 1.82) is 0 Å². The largest absolute Gasteiger partial charge is 0.542 e. The molecular weight excluding hydrogens is 708 g/mol. The lowest BCUT2D eigenvalue weighted by molar-refractivity contribution is -0.858. The van der Waals surface area contributed by atoms with Crippen LogP contribution in [0.4, 0.5) is 26.3 Å². The molecule has 16 heteroatoms. The average molecular weight is 744 g/mol. The minimum absolute atomic E-state index is 0.0676. The summed E-state index contributed by atoms with van der Waals surface area (Å²) in [4.78, 5) is 41.7. The fraction of sp³-hybridized carbons (Fsp3) is 0.216. The molecule has 0 aliphatic heterocycles. The topological polar surface area (TPSA) is 167 Å². The molecule has 280 valence electrons. The Balaban J connectivity index is 0.000000458. The maximum Gasteiger partial charge on any atom is 0.430 e. The first-order chi connectivity index (χ1) is 24.9. The second-order valence-electron chi connectivity index (χ2n) is 11.6. The Bertz CT molecular complexity index is 1980. The monoisotopic (exact) mass is 743 g/mol. The third-order valence-electron chi connectivity index (χ3n) is 7.34. The van der Waals surface area contributed by atoms with E-state index in [1.165, 1.54) is 10.5 Å². The second kappa shape index (κ2) is 18.6. The molecule has 0 fully saturated rings. The van der Waals surface area contributed by atoms with Crippen LogP contribution in [-0.2, 0) is 16.1 Å². The molecule has 0 radical (unpaired) electrons. The van der Waals surface area contributed by atoms with E-state index in [1.807, 2.05) is 48.5 Å². The van der Waals surface area contributed by atoms with Crippen molar-refractivity contribution in [3.05, 3.63) is 108 Å². The number of hydrogen-bond acceptors (Lipinski definition) is 7. The van der Waals surface area contributed by atoms with E-state index < -0.39 is 24.3 Å². The van der Waals surface area contributed by atoms with Crippen LogP contribution in [0.2, 0.25) is 0 Å². The van der Waals surface area contributed by atoms with Crippen molar-refractivity contribution in [2.75, 3.05) is 27.2 Å². The number of amides is 1. The normalized spacial score (nSPS) is 11.2. The Morgan fingerprint density at radius 3 is 1.89 bits per heavy atom. The number of rotatable bonds is 9. The van der Waals surface area contributed by atoms with Crippen LogP contribution in [0.25, 0.3) is 44.5 Å². The maximum absolute atomic E-state index is 12.9. The lowest BCUT2D eigenvalue weighted by Crippen LogP contribution is -3.05. The SMILES string of the molecule is C[NH+](C)CCCNC(=O)c1cccc(-c2nccc3nc(-c4ccc(C[NH3+])cc4)c(-c4ccccc4)cc23)c1.O=C([O-])C(F)(F)F.O=C([O-])C(F)(F)F. The van der Waals surface area contributed by atoms with Gasteiger partial charge in [0, 0.05) is 52.4 Å². The summed E-state index contributed by atoms with van der Waals surface area (Å²) in [6, 6.07) is 30.6. The summed E-state index contributed by atoms with van der Waals surface area (Å²) in [6.07, 6.45) is -7.66. The molecule has 53 heavy (non-hydrogen) atoms. The van der Waals surface area contributed by atoms with E-state index >= 15 is 0 Å². The Morgan fingerprint density at radius 2 is 1.34 bits per heavy atom. The zero-order chi connectivity index (χ0) is 39.3. The van der Waals surface area contributed by atoms with Gasteiger partial charge in [0.05, 0.1) is 44.1 Å². The van der Waals surface area contributed by atoms with Crippen molar-refractivity contribution in [3.8, 4) is 33.6 Å². The minimum Gasteiger partial charge on any atom is -0.542 e. The number of carboxylic acid groups (broad SMARTS) is 2. The molecule has 5 N–H and O–H groups in total. The fourth-order valence-corrected chi connectivity index (χ4v) is 4.77.